The van der Waals surface area contributed by atoms with Crippen molar-refractivity contribution in [3.05, 3.63) is 126 Å². The average Bonchev–Trinajstić information content (AvgIpc) is 3.03. The Balaban J connectivity index is 1.85. The molecule has 2 heteroatoms. The maximum absolute atomic E-state index is 6.13. The van der Waals surface area contributed by atoms with E-state index in [1.54, 1.807) is 0 Å². The Bertz CT molecular complexity index is 1010. The van der Waals surface area contributed by atoms with E-state index in [1.165, 1.54) is 16.7 Å². The second-order valence-electron chi connectivity index (χ2n) is 7.01. The zero-order chi connectivity index (χ0) is 19.2. The second-order valence-corrected chi connectivity index (χ2v) is 7.01. The molecule has 0 bridgehead atoms. The minimum absolute atomic E-state index is 0.128. The molecule has 2 nitrogen and oxygen atoms in total. The van der Waals surface area contributed by atoms with Gasteiger partial charge in [-0.25, -0.2) is 4.98 Å². The van der Waals surface area contributed by atoms with E-state index in [9.17, 15) is 0 Å². The Labute approximate surface area is 166 Å². The van der Waals surface area contributed by atoms with E-state index in [0.29, 0.717) is 5.82 Å². The third-order valence-electron chi connectivity index (χ3n) is 5.05. The number of aromatic nitrogens is 1. The van der Waals surface area contributed by atoms with Crippen LogP contribution in [-0.4, -0.2) is 4.98 Å². The highest BCUT2D eigenvalue weighted by Crippen LogP contribution is 2.34. The number of nitrogen functional groups attached to an aromatic ring is 1. The molecular weight excluding hydrogens is 340 g/mol. The number of hydrogen-bond acceptors (Lipinski definition) is 2. The molecule has 0 radical (unpaired) electrons. The third kappa shape index (κ3) is 4.12. The first-order valence-corrected chi connectivity index (χ1v) is 9.70. The van der Waals surface area contributed by atoms with Crippen LogP contribution in [0.5, 0.6) is 0 Å². The van der Waals surface area contributed by atoms with Gasteiger partial charge in [0, 0.05) is 11.5 Å². The molecule has 0 saturated carbocycles. The number of nitrogens with zero attached hydrogens (tertiary/aromatic N) is 1. The highest BCUT2D eigenvalue weighted by atomic mass is 14.8. The van der Waals surface area contributed by atoms with Gasteiger partial charge in [-0.2, -0.15) is 0 Å². The molecule has 1 aliphatic rings. The largest absolute Gasteiger partial charge is 0.384 e. The van der Waals surface area contributed by atoms with E-state index in [2.05, 4.69) is 97.1 Å². The van der Waals surface area contributed by atoms with Crippen LogP contribution in [0.1, 0.15) is 34.7 Å². The van der Waals surface area contributed by atoms with Crippen LogP contribution in [0.15, 0.2) is 103 Å². The Morgan fingerprint density at radius 2 is 1.61 bits per heavy atom. The topological polar surface area (TPSA) is 38.9 Å². The van der Waals surface area contributed by atoms with Crippen molar-refractivity contribution in [3.63, 3.8) is 0 Å². The number of hydrogen-bond donors (Lipinski definition) is 1. The fourth-order valence-corrected chi connectivity index (χ4v) is 3.67. The number of rotatable bonds is 5. The molecule has 1 heterocycles. The highest BCUT2D eigenvalue weighted by molar-refractivity contribution is 5.78. The normalized spacial score (nSPS) is 14.4. The van der Waals surface area contributed by atoms with Crippen LogP contribution in [0.3, 0.4) is 0 Å². The van der Waals surface area contributed by atoms with Crippen molar-refractivity contribution in [1.29, 1.82) is 0 Å². The van der Waals surface area contributed by atoms with Gasteiger partial charge in [0.25, 0.3) is 0 Å². The molecule has 28 heavy (non-hydrogen) atoms. The lowest BCUT2D eigenvalue weighted by molar-refractivity contribution is 0.772. The van der Waals surface area contributed by atoms with Crippen LogP contribution in [0, 0.1) is 0 Å². The van der Waals surface area contributed by atoms with Crippen LogP contribution in [-0.2, 0) is 6.42 Å². The van der Waals surface area contributed by atoms with Crippen molar-refractivity contribution in [2.24, 2.45) is 0 Å². The van der Waals surface area contributed by atoms with Crippen LogP contribution in [0.2, 0.25) is 0 Å². The zero-order valence-corrected chi connectivity index (χ0v) is 15.8. The standard InChI is InChI=1S/C26H24N2/c27-25-18-17-23(21-13-7-1-2-8-14-21)26(28-25)24(22-15-9-4-10-16-22)19-20-11-5-3-6-12-20/h1,3-18,24H,2,19H2,(H2,27,28). The van der Waals surface area contributed by atoms with E-state index in [4.69, 9.17) is 10.7 Å². The molecule has 0 spiro atoms. The number of nitrogens with two attached hydrogens (primary N) is 1. The summed E-state index contributed by atoms with van der Waals surface area (Å²) >= 11 is 0. The lowest BCUT2D eigenvalue weighted by Gasteiger charge is -2.21. The smallest absolute Gasteiger partial charge is 0.123 e. The summed E-state index contributed by atoms with van der Waals surface area (Å²) in [5.74, 6) is 0.685. The maximum atomic E-state index is 6.13. The first-order chi connectivity index (χ1) is 13.8. The number of allylic oxidation sites excluding steroid dienone is 6. The monoisotopic (exact) mass is 364 g/mol. The van der Waals surface area contributed by atoms with Crippen molar-refractivity contribution in [2.45, 2.75) is 18.8 Å². The van der Waals surface area contributed by atoms with E-state index < -0.39 is 0 Å². The minimum Gasteiger partial charge on any atom is -0.384 e. The first-order valence-electron chi connectivity index (χ1n) is 9.70. The van der Waals surface area contributed by atoms with E-state index in [0.717, 1.165) is 24.1 Å². The Morgan fingerprint density at radius 3 is 2.39 bits per heavy atom. The Kier molecular flexibility index (Phi) is 5.48. The van der Waals surface area contributed by atoms with Gasteiger partial charge in [-0.15, -0.1) is 0 Å². The van der Waals surface area contributed by atoms with Crippen molar-refractivity contribution in [3.8, 4) is 0 Å². The first kappa shape index (κ1) is 18.0. The molecular formula is C26H24N2. The van der Waals surface area contributed by atoms with Gasteiger partial charge in [0.2, 0.25) is 0 Å². The molecule has 1 aliphatic carbocycles. The second kappa shape index (κ2) is 8.53. The summed E-state index contributed by atoms with van der Waals surface area (Å²) in [6, 6.07) is 25.2. The van der Waals surface area contributed by atoms with E-state index in [-0.39, 0.29) is 5.92 Å². The molecule has 0 fully saturated rings. The molecule has 0 saturated heterocycles. The highest BCUT2D eigenvalue weighted by Gasteiger charge is 2.21. The molecule has 2 N–H and O–H groups in total. The summed E-state index contributed by atoms with van der Waals surface area (Å²) in [6.07, 6.45) is 12.6. The number of anilines is 1. The van der Waals surface area contributed by atoms with Gasteiger partial charge < -0.3 is 5.73 Å². The molecule has 138 valence electrons. The lowest BCUT2D eigenvalue weighted by Crippen LogP contribution is -2.11. The van der Waals surface area contributed by atoms with E-state index in [1.807, 2.05) is 6.07 Å². The molecule has 0 amide bonds. The van der Waals surface area contributed by atoms with Gasteiger partial charge in [-0.3, -0.25) is 0 Å². The van der Waals surface area contributed by atoms with Crippen LogP contribution in [0.25, 0.3) is 5.57 Å². The Morgan fingerprint density at radius 1 is 0.857 bits per heavy atom. The summed E-state index contributed by atoms with van der Waals surface area (Å²) in [5.41, 5.74) is 12.0. The van der Waals surface area contributed by atoms with Gasteiger partial charge in [0.1, 0.15) is 5.82 Å². The molecule has 2 aromatic carbocycles. The van der Waals surface area contributed by atoms with Gasteiger partial charge in [0.05, 0.1) is 5.69 Å². The van der Waals surface area contributed by atoms with Crippen molar-refractivity contribution in [1.82, 2.24) is 4.98 Å². The predicted octanol–water partition coefficient (Wildman–Crippen LogP) is 5.94. The van der Waals surface area contributed by atoms with Gasteiger partial charge >= 0.3 is 0 Å². The van der Waals surface area contributed by atoms with Gasteiger partial charge in [-0.05, 0) is 41.7 Å². The van der Waals surface area contributed by atoms with Crippen molar-refractivity contribution in [2.75, 3.05) is 5.73 Å². The summed E-state index contributed by atoms with van der Waals surface area (Å²) in [7, 11) is 0. The van der Waals surface area contributed by atoms with Gasteiger partial charge in [0.15, 0.2) is 0 Å². The fraction of sp³-hybridized carbons (Fsp3) is 0.115. The van der Waals surface area contributed by atoms with Crippen LogP contribution >= 0.6 is 0 Å². The fourth-order valence-electron chi connectivity index (χ4n) is 3.67. The molecule has 4 rings (SSSR count). The molecule has 1 aromatic heterocycles. The lowest BCUT2D eigenvalue weighted by atomic mass is 9.85. The average molecular weight is 364 g/mol. The summed E-state index contributed by atoms with van der Waals surface area (Å²) in [4.78, 5) is 4.83. The summed E-state index contributed by atoms with van der Waals surface area (Å²) in [5, 5.41) is 0. The summed E-state index contributed by atoms with van der Waals surface area (Å²) < 4.78 is 0. The van der Waals surface area contributed by atoms with Crippen LogP contribution in [0.4, 0.5) is 5.82 Å². The Hall–Kier alpha value is -3.39. The zero-order valence-electron chi connectivity index (χ0n) is 15.8. The summed E-state index contributed by atoms with van der Waals surface area (Å²) in [6.45, 7) is 0. The third-order valence-corrected chi connectivity index (χ3v) is 5.05. The van der Waals surface area contributed by atoms with E-state index >= 15 is 0 Å². The molecule has 1 unspecified atom stereocenters. The quantitative estimate of drug-likeness (QED) is 0.609. The molecule has 1 atom stereocenters. The number of pyridine rings is 1. The number of benzene rings is 2. The van der Waals surface area contributed by atoms with Gasteiger partial charge in [-0.1, -0.05) is 91.0 Å². The SMILES string of the molecule is Nc1ccc(C2=CC=CCC=C2)c(C(Cc2ccccc2)c2ccccc2)n1. The predicted molar refractivity (Wildman–Crippen MR) is 118 cm³/mol. The molecule has 0 aliphatic heterocycles. The van der Waals surface area contributed by atoms with Crippen molar-refractivity contribution < 1.29 is 0 Å². The minimum atomic E-state index is 0.128. The van der Waals surface area contributed by atoms with Crippen molar-refractivity contribution >= 4 is 11.4 Å². The molecule has 3 aromatic rings. The maximum Gasteiger partial charge on any atom is 0.123 e. The van der Waals surface area contributed by atoms with Crippen LogP contribution < -0.4 is 5.73 Å².